The third kappa shape index (κ3) is 6.04. The summed E-state index contributed by atoms with van der Waals surface area (Å²) >= 11 is 0. The molecule has 0 aromatic heterocycles. The molecule has 0 aliphatic rings. The highest BCUT2D eigenvalue weighted by Crippen LogP contribution is 2.20. The average molecular weight is 262 g/mol. The van der Waals surface area contributed by atoms with Crippen LogP contribution in [0.4, 0.5) is 0 Å². The fourth-order valence-corrected chi connectivity index (χ4v) is 1.71. The van der Waals surface area contributed by atoms with Gasteiger partial charge in [-0.1, -0.05) is 63.6 Å². The summed E-state index contributed by atoms with van der Waals surface area (Å²) in [5, 5.41) is 0. The van der Waals surface area contributed by atoms with Gasteiger partial charge in [-0.15, -0.1) is 0 Å². The molecule has 0 N–H and O–H groups in total. The van der Waals surface area contributed by atoms with E-state index >= 15 is 0 Å². The molecule has 0 unspecified atom stereocenters. The average Bonchev–Trinajstić information content (AvgIpc) is 2.46. The molecule has 106 valence electrons. The topological polar surface area (TPSA) is 18.5 Å². The predicted octanol–water partition coefficient (Wildman–Crippen LogP) is 4.66. The highest BCUT2D eigenvalue weighted by Gasteiger charge is 2.14. The highest BCUT2D eigenvalue weighted by atomic mass is 16.7. The molecule has 0 bridgehead atoms. The Balaban J connectivity index is 2.57. The zero-order chi connectivity index (χ0) is 13.9. The lowest BCUT2D eigenvalue weighted by Gasteiger charge is -2.21. The molecule has 0 spiro atoms. The lowest BCUT2D eigenvalue weighted by molar-refractivity contribution is -0.105. The molecular weight excluding hydrogens is 236 g/mol. The molecule has 19 heavy (non-hydrogen) atoms. The largest absolute Gasteiger partial charge is 0.348 e. The number of hydrogen-bond donors (Lipinski definition) is 0. The SMILES string of the molecule is C=C(c1ccccc1)C(OCCCC)OCCCC. The van der Waals surface area contributed by atoms with E-state index in [9.17, 15) is 0 Å². The molecule has 0 aliphatic heterocycles. The van der Waals surface area contributed by atoms with Crippen molar-refractivity contribution in [3.05, 3.63) is 42.5 Å². The smallest absolute Gasteiger partial charge is 0.183 e. The summed E-state index contributed by atoms with van der Waals surface area (Å²) in [5.41, 5.74) is 1.99. The second kappa shape index (κ2) is 9.76. The molecule has 0 aliphatic carbocycles. The Hall–Kier alpha value is -1.12. The van der Waals surface area contributed by atoms with Crippen LogP contribution in [0.25, 0.3) is 5.57 Å². The van der Waals surface area contributed by atoms with Gasteiger partial charge in [-0.05, 0) is 18.4 Å². The van der Waals surface area contributed by atoms with Crippen LogP contribution in [0.2, 0.25) is 0 Å². The Morgan fingerprint density at radius 2 is 1.53 bits per heavy atom. The minimum absolute atomic E-state index is 0.319. The van der Waals surface area contributed by atoms with Crippen LogP contribution in [0.1, 0.15) is 45.1 Å². The minimum Gasteiger partial charge on any atom is -0.348 e. The van der Waals surface area contributed by atoms with Crippen molar-refractivity contribution in [2.45, 2.75) is 45.8 Å². The lowest BCUT2D eigenvalue weighted by atomic mass is 10.1. The lowest BCUT2D eigenvalue weighted by Crippen LogP contribution is -2.20. The summed E-state index contributed by atoms with van der Waals surface area (Å²) in [5.74, 6) is 0. The fourth-order valence-electron chi connectivity index (χ4n) is 1.71. The van der Waals surface area contributed by atoms with Crippen LogP contribution in [0.3, 0.4) is 0 Å². The molecule has 1 aromatic rings. The van der Waals surface area contributed by atoms with Crippen molar-refractivity contribution in [3.63, 3.8) is 0 Å². The summed E-state index contributed by atoms with van der Waals surface area (Å²) in [6, 6.07) is 10.1. The van der Waals surface area contributed by atoms with Crippen LogP contribution in [-0.4, -0.2) is 19.5 Å². The molecule has 1 aromatic carbocycles. The highest BCUT2D eigenvalue weighted by molar-refractivity contribution is 5.65. The van der Waals surface area contributed by atoms with Gasteiger partial charge in [0, 0.05) is 5.57 Å². The zero-order valence-corrected chi connectivity index (χ0v) is 12.2. The van der Waals surface area contributed by atoms with Gasteiger partial charge < -0.3 is 9.47 Å². The Kier molecular flexibility index (Phi) is 8.19. The Bertz CT molecular complexity index is 336. The summed E-state index contributed by atoms with van der Waals surface area (Å²) < 4.78 is 11.6. The molecule has 0 saturated heterocycles. The van der Waals surface area contributed by atoms with Gasteiger partial charge in [0.2, 0.25) is 0 Å². The molecule has 0 fully saturated rings. The molecule has 2 heteroatoms. The van der Waals surface area contributed by atoms with Gasteiger partial charge in [-0.2, -0.15) is 0 Å². The standard InChI is InChI=1S/C17H26O2/c1-4-6-13-18-17(19-14-7-5-2)15(3)16-11-9-8-10-12-16/h8-12,17H,3-7,13-14H2,1-2H3. The predicted molar refractivity (Wildman–Crippen MR) is 81.0 cm³/mol. The molecule has 0 amide bonds. The minimum atomic E-state index is -0.319. The fraction of sp³-hybridized carbons (Fsp3) is 0.529. The maximum absolute atomic E-state index is 5.82. The van der Waals surface area contributed by atoms with E-state index in [1.807, 2.05) is 30.3 Å². The maximum atomic E-state index is 5.82. The summed E-state index contributed by atoms with van der Waals surface area (Å²) in [6.07, 6.45) is 4.03. The number of unbranched alkanes of at least 4 members (excludes halogenated alkanes) is 2. The van der Waals surface area contributed by atoms with E-state index in [0.717, 1.165) is 50.0 Å². The molecule has 0 atom stereocenters. The summed E-state index contributed by atoms with van der Waals surface area (Å²) in [4.78, 5) is 0. The monoisotopic (exact) mass is 262 g/mol. The van der Waals surface area contributed by atoms with Crippen molar-refractivity contribution in [2.75, 3.05) is 13.2 Å². The van der Waals surface area contributed by atoms with Gasteiger partial charge in [0.1, 0.15) is 0 Å². The van der Waals surface area contributed by atoms with Crippen molar-refractivity contribution < 1.29 is 9.47 Å². The second-order valence-corrected chi connectivity index (χ2v) is 4.67. The van der Waals surface area contributed by atoms with Crippen molar-refractivity contribution in [2.24, 2.45) is 0 Å². The van der Waals surface area contributed by atoms with E-state index < -0.39 is 0 Å². The first-order chi connectivity index (χ1) is 9.29. The molecule has 0 saturated carbocycles. The molecule has 1 rings (SSSR count). The molecular formula is C17H26O2. The summed E-state index contributed by atoms with van der Waals surface area (Å²) in [7, 11) is 0. The van der Waals surface area contributed by atoms with Crippen molar-refractivity contribution in [1.82, 2.24) is 0 Å². The van der Waals surface area contributed by atoms with Gasteiger partial charge >= 0.3 is 0 Å². The van der Waals surface area contributed by atoms with E-state index in [1.165, 1.54) is 0 Å². The first kappa shape index (κ1) is 15.9. The molecule has 0 heterocycles. The van der Waals surface area contributed by atoms with Crippen LogP contribution in [0.5, 0.6) is 0 Å². The van der Waals surface area contributed by atoms with Gasteiger partial charge in [-0.25, -0.2) is 0 Å². The molecule has 0 radical (unpaired) electrons. The van der Waals surface area contributed by atoms with Gasteiger partial charge in [0.15, 0.2) is 6.29 Å². The van der Waals surface area contributed by atoms with Crippen LogP contribution < -0.4 is 0 Å². The van der Waals surface area contributed by atoms with Gasteiger partial charge in [-0.3, -0.25) is 0 Å². The van der Waals surface area contributed by atoms with E-state index in [1.54, 1.807) is 0 Å². The van der Waals surface area contributed by atoms with E-state index in [2.05, 4.69) is 20.4 Å². The van der Waals surface area contributed by atoms with Crippen molar-refractivity contribution >= 4 is 5.57 Å². The third-order valence-corrected chi connectivity index (χ3v) is 2.96. The van der Waals surface area contributed by atoms with Crippen LogP contribution in [0, 0.1) is 0 Å². The Morgan fingerprint density at radius 3 is 2.00 bits per heavy atom. The number of ether oxygens (including phenoxy) is 2. The second-order valence-electron chi connectivity index (χ2n) is 4.67. The quantitative estimate of drug-likeness (QED) is 0.451. The van der Waals surface area contributed by atoms with Gasteiger partial charge in [0.05, 0.1) is 13.2 Å². The normalized spacial score (nSPS) is 10.9. The first-order valence-electron chi connectivity index (χ1n) is 7.27. The van der Waals surface area contributed by atoms with Crippen LogP contribution in [0.15, 0.2) is 36.9 Å². The number of hydrogen-bond acceptors (Lipinski definition) is 2. The van der Waals surface area contributed by atoms with E-state index in [-0.39, 0.29) is 6.29 Å². The van der Waals surface area contributed by atoms with Crippen LogP contribution in [-0.2, 0) is 9.47 Å². The Morgan fingerprint density at radius 1 is 1.00 bits per heavy atom. The van der Waals surface area contributed by atoms with Crippen molar-refractivity contribution in [1.29, 1.82) is 0 Å². The number of rotatable bonds is 10. The zero-order valence-electron chi connectivity index (χ0n) is 12.2. The Labute approximate surface area is 117 Å². The number of benzene rings is 1. The summed E-state index contributed by atoms with van der Waals surface area (Å²) in [6.45, 7) is 9.89. The van der Waals surface area contributed by atoms with Crippen LogP contribution >= 0.6 is 0 Å². The van der Waals surface area contributed by atoms with E-state index in [4.69, 9.17) is 9.47 Å². The van der Waals surface area contributed by atoms with Crippen molar-refractivity contribution in [3.8, 4) is 0 Å². The van der Waals surface area contributed by atoms with Gasteiger partial charge in [0.25, 0.3) is 0 Å². The maximum Gasteiger partial charge on any atom is 0.183 e. The third-order valence-electron chi connectivity index (χ3n) is 2.96. The first-order valence-corrected chi connectivity index (χ1v) is 7.27. The van der Waals surface area contributed by atoms with E-state index in [0.29, 0.717) is 0 Å². The molecule has 2 nitrogen and oxygen atoms in total.